The van der Waals surface area contributed by atoms with Crippen LogP contribution < -0.4 is 11.1 Å². The molecule has 6 nitrogen and oxygen atoms in total. The fraction of sp³-hybridized carbons (Fsp3) is 0.769. The Bertz CT molecular complexity index is 329. The molecular weight excluding hydrogens is 248 g/mol. The SMILES string of the molecule is CCC(=O)CC[C@@H](NC(=O)[C@H](O)CC(C)C)C(N)=O. The number of nitrogens with two attached hydrogens (primary N) is 1. The molecule has 6 heteroatoms. The first-order chi connectivity index (χ1) is 8.77. The lowest BCUT2D eigenvalue weighted by Gasteiger charge is -2.18. The van der Waals surface area contributed by atoms with E-state index in [0.29, 0.717) is 12.8 Å². The van der Waals surface area contributed by atoms with Crippen molar-refractivity contribution in [2.75, 3.05) is 0 Å². The molecule has 0 aromatic rings. The van der Waals surface area contributed by atoms with Gasteiger partial charge in [-0.25, -0.2) is 0 Å². The molecule has 0 aromatic heterocycles. The predicted octanol–water partition coefficient (Wildman–Crippen LogP) is 0.123. The largest absolute Gasteiger partial charge is 0.383 e. The van der Waals surface area contributed by atoms with Crippen molar-refractivity contribution in [1.82, 2.24) is 5.32 Å². The van der Waals surface area contributed by atoms with Gasteiger partial charge in [-0.3, -0.25) is 14.4 Å². The van der Waals surface area contributed by atoms with Crippen LogP contribution in [0.3, 0.4) is 0 Å². The number of amides is 2. The van der Waals surface area contributed by atoms with Gasteiger partial charge in [0.2, 0.25) is 11.8 Å². The van der Waals surface area contributed by atoms with Crippen molar-refractivity contribution in [1.29, 1.82) is 0 Å². The topological polar surface area (TPSA) is 109 Å². The molecule has 0 saturated heterocycles. The first kappa shape index (κ1) is 17.6. The van der Waals surface area contributed by atoms with Gasteiger partial charge in [0.15, 0.2) is 0 Å². The van der Waals surface area contributed by atoms with Gasteiger partial charge in [-0.05, 0) is 18.8 Å². The molecule has 0 spiro atoms. The minimum Gasteiger partial charge on any atom is -0.383 e. The van der Waals surface area contributed by atoms with Crippen molar-refractivity contribution >= 4 is 17.6 Å². The van der Waals surface area contributed by atoms with Crippen LogP contribution in [0.5, 0.6) is 0 Å². The zero-order valence-corrected chi connectivity index (χ0v) is 11.8. The Labute approximate surface area is 113 Å². The van der Waals surface area contributed by atoms with Gasteiger partial charge in [0.25, 0.3) is 0 Å². The maximum absolute atomic E-state index is 11.7. The van der Waals surface area contributed by atoms with E-state index >= 15 is 0 Å². The van der Waals surface area contributed by atoms with E-state index in [2.05, 4.69) is 5.32 Å². The van der Waals surface area contributed by atoms with Crippen LogP contribution in [0.4, 0.5) is 0 Å². The van der Waals surface area contributed by atoms with E-state index in [4.69, 9.17) is 5.73 Å². The van der Waals surface area contributed by atoms with Crippen molar-refractivity contribution in [2.45, 2.75) is 58.6 Å². The van der Waals surface area contributed by atoms with Gasteiger partial charge < -0.3 is 16.2 Å². The molecular formula is C13H24N2O4. The minimum absolute atomic E-state index is 0.00299. The third kappa shape index (κ3) is 7.56. The molecule has 0 unspecified atom stereocenters. The average molecular weight is 272 g/mol. The fourth-order valence-electron chi connectivity index (χ4n) is 1.59. The highest BCUT2D eigenvalue weighted by Crippen LogP contribution is 2.06. The number of carbonyl (C=O) groups is 3. The summed E-state index contributed by atoms with van der Waals surface area (Å²) in [5, 5.41) is 12.0. The summed E-state index contributed by atoms with van der Waals surface area (Å²) in [4.78, 5) is 34.0. The quantitative estimate of drug-likeness (QED) is 0.554. The summed E-state index contributed by atoms with van der Waals surface area (Å²) in [5.74, 6) is -1.16. The first-order valence-electron chi connectivity index (χ1n) is 6.57. The Balaban J connectivity index is 4.37. The summed E-state index contributed by atoms with van der Waals surface area (Å²) in [6, 6.07) is -0.912. The van der Waals surface area contributed by atoms with Gasteiger partial charge in [-0.1, -0.05) is 20.8 Å². The smallest absolute Gasteiger partial charge is 0.249 e. The molecule has 0 aliphatic carbocycles. The minimum atomic E-state index is -1.16. The second kappa shape index (κ2) is 8.63. The van der Waals surface area contributed by atoms with Gasteiger partial charge >= 0.3 is 0 Å². The maximum atomic E-state index is 11.7. The number of nitrogens with one attached hydrogen (secondary N) is 1. The van der Waals surface area contributed by atoms with Gasteiger partial charge in [0, 0.05) is 12.8 Å². The van der Waals surface area contributed by atoms with Gasteiger partial charge in [0.1, 0.15) is 17.9 Å². The van der Waals surface area contributed by atoms with Crippen LogP contribution >= 0.6 is 0 Å². The zero-order valence-electron chi connectivity index (χ0n) is 11.8. The van der Waals surface area contributed by atoms with E-state index in [0.717, 1.165) is 0 Å². The van der Waals surface area contributed by atoms with E-state index in [9.17, 15) is 19.5 Å². The van der Waals surface area contributed by atoms with Crippen molar-refractivity contribution in [2.24, 2.45) is 11.7 Å². The summed E-state index contributed by atoms with van der Waals surface area (Å²) in [6.07, 6.45) is -0.114. The number of primary amides is 1. The standard InChI is InChI=1S/C13H24N2O4/c1-4-9(16)5-6-10(12(14)18)15-13(19)11(17)7-8(2)3/h8,10-11,17H,4-7H2,1-3H3,(H2,14,18)(H,15,19)/t10-,11-/m1/s1. The van der Waals surface area contributed by atoms with Crippen LogP contribution in [0.1, 0.15) is 46.5 Å². The summed E-state index contributed by atoms with van der Waals surface area (Å²) in [5.41, 5.74) is 5.17. The highest BCUT2D eigenvalue weighted by atomic mass is 16.3. The lowest BCUT2D eigenvalue weighted by Crippen LogP contribution is -2.48. The third-order valence-corrected chi connectivity index (χ3v) is 2.76. The number of carbonyl (C=O) groups excluding carboxylic acids is 3. The Morgan fingerprint density at radius 2 is 1.84 bits per heavy atom. The molecule has 4 N–H and O–H groups in total. The molecule has 110 valence electrons. The molecule has 0 aliphatic rings. The van der Waals surface area contributed by atoms with E-state index in [1.54, 1.807) is 6.92 Å². The van der Waals surface area contributed by atoms with Gasteiger partial charge in [0.05, 0.1) is 0 Å². The van der Waals surface area contributed by atoms with Crippen LogP contribution in [0.2, 0.25) is 0 Å². The Morgan fingerprint density at radius 1 is 1.26 bits per heavy atom. The number of hydrogen-bond donors (Lipinski definition) is 3. The number of hydrogen-bond acceptors (Lipinski definition) is 4. The van der Waals surface area contributed by atoms with Crippen LogP contribution in [0.25, 0.3) is 0 Å². The second-order valence-corrected chi connectivity index (χ2v) is 5.04. The summed E-state index contributed by atoms with van der Waals surface area (Å²) >= 11 is 0. The van der Waals surface area contributed by atoms with E-state index < -0.39 is 24.0 Å². The predicted molar refractivity (Wildman–Crippen MR) is 71.1 cm³/mol. The van der Waals surface area contributed by atoms with Crippen molar-refractivity contribution < 1.29 is 19.5 Å². The van der Waals surface area contributed by atoms with Crippen LogP contribution in [0.15, 0.2) is 0 Å². The molecule has 0 rings (SSSR count). The number of aliphatic hydroxyl groups is 1. The summed E-state index contributed by atoms with van der Waals surface area (Å²) < 4.78 is 0. The Hall–Kier alpha value is -1.43. The molecule has 0 heterocycles. The fourth-order valence-corrected chi connectivity index (χ4v) is 1.59. The van der Waals surface area contributed by atoms with Crippen molar-refractivity contribution in [3.63, 3.8) is 0 Å². The molecule has 0 bridgehead atoms. The van der Waals surface area contributed by atoms with Crippen molar-refractivity contribution in [3.05, 3.63) is 0 Å². The van der Waals surface area contributed by atoms with Crippen molar-refractivity contribution in [3.8, 4) is 0 Å². The molecule has 0 radical (unpaired) electrons. The Morgan fingerprint density at radius 3 is 2.26 bits per heavy atom. The van der Waals surface area contributed by atoms with E-state index in [1.165, 1.54) is 0 Å². The van der Waals surface area contributed by atoms with Gasteiger partial charge in [-0.15, -0.1) is 0 Å². The highest BCUT2D eigenvalue weighted by molar-refractivity contribution is 5.89. The van der Waals surface area contributed by atoms with Crippen LogP contribution in [-0.4, -0.2) is 34.8 Å². The highest BCUT2D eigenvalue weighted by Gasteiger charge is 2.23. The molecule has 2 amide bonds. The first-order valence-corrected chi connectivity index (χ1v) is 6.57. The Kier molecular flexibility index (Phi) is 7.98. The molecule has 19 heavy (non-hydrogen) atoms. The zero-order chi connectivity index (χ0) is 15.0. The lowest BCUT2D eigenvalue weighted by molar-refractivity contribution is -0.134. The molecule has 0 aromatic carbocycles. The maximum Gasteiger partial charge on any atom is 0.249 e. The second-order valence-electron chi connectivity index (χ2n) is 5.04. The lowest BCUT2D eigenvalue weighted by atomic mass is 10.0. The van der Waals surface area contributed by atoms with Crippen LogP contribution in [-0.2, 0) is 14.4 Å². The molecule has 0 saturated carbocycles. The van der Waals surface area contributed by atoms with Crippen LogP contribution in [0, 0.1) is 5.92 Å². The molecule has 0 fully saturated rings. The summed E-state index contributed by atoms with van der Waals surface area (Å²) in [7, 11) is 0. The van der Waals surface area contributed by atoms with E-state index in [-0.39, 0.29) is 24.5 Å². The number of rotatable bonds is 9. The molecule has 0 aliphatic heterocycles. The monoisotopic (exact) mass is 272 g/mol. The molecule has 2 atom stereocenters. The average Bonchev–Trinajstić information content (AvgIpc) is 2.32. The normalized spacial score (nSPS) is 13.9. The summed E-state index contributed by atoms with van der Waals surface area (Å²) in [6.45, 7) is 5.48. The van der Waals surface area contributed by atoms with Gasteiger partial charge in [-0.2, -0.15) is 0 Å². The number of aliphatic hydroxyl groups excluding tert-OH is 1. The number of ketones is 1. The number of Topliss-reactive ketones (excluding diaryl/α,β-unsaturated/α-hetero) is 1. The van der Waals surface area contributed by atoms with E-state index in [1.807, 2.05) is 13.8 Å². The third-order valence-electron chi connectivity index (χ3n) is 2.76.